The van der Waals surface area contributed by atoms with Gasteiger partial charge in [0.25, 0.3) is 11.8 Å². The standard InChI is InChI=1S/C28H24F2N4O4/c29-21-7-3-1-5-17(21)15-31-23-13-25(35)33(27(23)37)19-9-11-20(12-10-19)34-26(36)14-24(28(34)38)32-16-18-6-2-4-8-22(18)30/h1-12,23-24,31-32H,13-16H2/t23-,24-/m1/s1. The maximum absolute atomic E-state index is 13.9. The van der Waals surface area contributed by atoms with Crippen molar-refractivity contribution >= 4 is 35.0 Å². The molecule has 2 fully saturated rings. The molecule has 0 bridgehead atoms. The van der Waals surface area contributed by atoms with Crippen molar-refractivity contribution in [2.75, 3.05) is 9.80 Å². The second kappa shape index (κ2) is 10.6. The average molecular weight is 519 g/mol. The van der Waals surface area contributed by atoms with Crippen LogP contribution in [0.1, 0.15) is 24.0 Å². The van der Waals surface area contributed by atoms with Gasteiger partial charge in [-0.25, -0.2) is 18.6 Å². The Morgan fingerprint density at radius 2 is 0.974 bits per heavy atom. The number of anilines is 2. The fourth-order valence-electron chi connectivity index (χ4n) is 4.63. The van der Waals surface area contributed by atoms with Gasteiger partial charge < -0.3 is 10.6 Å². The second-order valence-electron chi connectivity index (χ2n) is 9.11. The number of imide groups is 2. The molecule has 2 N–H and O–H groups in total. The van der Waals surface area contributed by atoms with Crippen LogP contribution in [0, 0.1) is 11.6 Å². The molecule has 0 spiro atoms. The van der Waals surface area contributed by atoms with Crippen LogP contribution in [0.3, 0.4) is 0 Å². The lowest BCUT2D eigenvalue weighted by Crippen LogP contribution is -2.39. The molecule has 0 unspecified atom stereocenters. The summed E-state index contributed by atoms with van der Waals surface area (Å²) in [4.78, 5) is 53.1. The predicted octanol–water partition coefficient (Wildman–Crippen LogP) is 2.81. The molecule has 2 aliphatic rings. The third-order valence-corrected chi connectivity index (χ3v) is 6.65. The summed E-state index contributed by atoms with van der Waals surface area (Å²) < 4.78 is 27.8. The Bertz CT molecular complexity index is 1310. The highest BCUT2D eigenvalue weighted by Crippen LogP contribution is 2.29. The van der Waals surface area contributed by atoms with E-state index in [2.05, 4.69) is 10.6 Å². The molecule has 2 heterocycles. The Labute approximate surface area is 217 Å². The van der Waals surface area contributed by atoms with Gasteiger partial charge in [-0.05, 0) is 36.4 Å². The number of carbonyl (C=O) groups is 4. The first kappa shape index (κ1) is 25.4. The minimum atomic E-state index is -0.801. The number of hydrogen-bond acceptors (Lipinski definition) is 6. The smallest absolute Gasteiger partial charge is 0.251 e. The molecule has 5 rings (SSSR count). The van der Waals surface area contributed by atoms with Crippen molar-refractivity contribution in [1.29, 1.82) is 0 Å². The summed E-state index contributed by atoms with van der Waals surface area (Å²) in [7, 11) is 0. The molecule has 3 aromatic rings. The summed E-state index contributed by atoms with van der Waals surface area (Å²) in [6.45, 7) is 0.183. The maximum atomic E-state index is 13.9. The molecule has 2 saturated heterocycles. The highest BCUT2D eigenvalue weighted by Gasteiger charge is 2.41. The molecule has 194 valence electrons. The molecule has 0 aliphatic carbocycles. The molecule has 38 heavy (non-hydrogen) atoms. The van der Waals surface area contributed by atoms with E-state index >= 15 is 0 Å². The summed E-state index contributed by atoms with van der Waals surface area (Å²) in [6, 6.07) is 16.7. The van der Waals surface area contributed by atoms with Crippen molar-refractivity contribution in [3.8, 4) is 0 Å². The molecule has 0 aromatic heterocycles. The van der Waals surface area contributed by atoms with Crippen molar-refractivity contribution in [3.63, 3.8) is 0 Å². The number of nitrogens with zero attached hydrogens (tertiary/aromatic N) is 2. The maximum Gasteiger partial charge on any atom is 0.251 e. The predicted molar refractivity (Wildman–Crippen MR) is 135 cm³/mol. The van der Waals surface area contributed by atoms with Gasteiger partial charge in [0, 0.05) is 24.2 Å². The Balaban J connectivity index is 1.23. The van der Waals surface area contributed by atoms with Crippen molar-refractivity contribution in [3.05, 3.63) is 95.6 Å². The van der Waals surface area contributed by atoms with Crippen LogP contribution < -0.4 is 20.4 Å². The largest absolute Gasteiger partial charge is 0.301 e. The number of rotatable bonds is 8. The first-order valence-corrected chi connectivity index (χ1v) is 12.1. The fraction of sp³-hybridized carbons (Fsp3) is 0.214. The van der Waals surface area contributed by atoms with Gasteiger partial charge in [-0.3, -0.25) is 19.2 Å². The third-order valence-electron chi connectivity index (χ3n) is 6.65. The van der Waals surface area contributed by atoms with Crippen LogP contribution in [0.25, 0.3) is 0 Å². The second-order valence-corrected chi connectivity index (χ2v) is 9.11. The van der Waals surface area contributed by atoms with Gasteiger partial charge in [0.05, 0.1) is 36.3 Å². The van der Waals surface area contributed by atoms with Gasteiger partial charge in [-0.1, -0.05) is 36.4 Å². The van der Waals surface area contributed by atoms with Crippen LogP contribution in [0.2, 0.25) is 0 Å². The Kier molecular flexibility index (Phi) is 7.08. The number of amides is 4. The van der Waals surface area contributed by atoms with Crippen molar-refractivity contribution in [2.24, 2.45) is 0 Å². The molecular weight excluding hydrogens is 494 g/mol. The SMILES string of the molecule is O=C1C[C@@H](NCc2ccccc2F)C(=O)N1c1ccc(N2C(=O)C[C@@H](NCc3ccccc3F)C2=O)cc1. The Morgan fingerprint density at radius 1 is 0.605 bits per heavy atom. The van der Waals surface area contributed by atoms with Crippen LogP contribution in [0.15, 0.2) is 72.8 Å². The summed E-state index contributed by atoms with van der Waals surface area (Å²) in [5.41, 5.74) is 1.37. The molecule has 2 aliphatic heterocycles. The number of halogens is 2. The van der Waals surface area contributed by atoms with Crippen LogP contribution in [0.4, 0.5) is 20.2 Å². The van der Waals surface area contributed by atoms with Crippen molar-refractivity contribution in [1.82, 2.24) is 10.6 Å². The average Bonchev–Trinajstić information content (AvgIpc) is 3.36. The Hall–Kier alpha value is -4.28. The third kappa shape index (κ3) is 4.96. The van der Waals surface area contributed by atoms with E-state index in [9.17, 15) is 28.0 Å². The summed E-state index contributed by atoms with van der Waals surface area (Å²) in [5.74, 6) is -2.58. The summed E-state index contributed by atoms with van der Waals surface area (Å²) in [5, 5.41) is 5.88. The topological polar surface area (TPSA) is 98.8 Å². The lowest BCUT2D eigenvalue weighted by Gasteiger charge is -2.19. The number of carbonyl (C=O) groups excluding carboxylic acids is 4. The minimum absolute atomic E-state index is 0.0759. The zero-order valence-electron chi connectivity index (χ0n) is 20.2. The first-order chi connectivity index (χ1) is 18.3. The van der Waals surface area contributed by atoms with E-state index in [1.807, 2.05) is 0 Å². The molecule has 0 radical (unpaired) electrons. The van der Waals surface area contributed by atoms with E-state index in [0.717, 1.165) is 9.80 Å². The van der Waals surface area contributed by atoms with Crippen molar-refractivity contribution in [2.45, 2.75) is 38.0 Å². The van der Waals surface area contributed by atoms with Gasteiger partial charge in [0.15, 0.2) is 0 Å². The molecule has 2 atom stereocenters. The Morgan fingerprint density at radius 3 is 1.34 bits per heavy atom. The quantitative estimate of drug-likeness (QED) is 0.445. The molecule has 0 saturated carbocycles. The van der Waals surface area contributed by atoms with Gasteiger partial charge in [-0.15, -0.1) is 0 Å². The van der Waals surface area contributed by atoms with Gasteiger partial charge in [-0.2, -0.15) is 0 Å². The normalized spacial score (nSPS) is 19.6. The molecule has 8 nitrogen and oxygen atoms in total. The van der Waals surface area contributed by atoms with Crippen LogP contribution in [0.5, 0.6) is 0 Å². The van der Waals surface area contributed by atoms with E-state index in [1.54, 1.807) is 36.4 Å². The molecular formula is C28H24F2N4O4. The molecule has 3 aromatic carbocycles. The fourth-order valence-corrected chi connectivity index (χ4v) is 4.63. The van der Waals surface area contributed by atoms with E-state index in [4.69, 9.17) is 0 Å². The van der Waals surface area contributed by atoms with Crippen LogP contribution in [-0.4, -0.2) is 35.7 Å². The number of benzene rings is 3. The van der Waals surface area contributed by atoms with Crippen LogP contribution >= 0.6 is 0 Å². The van der Waals surface area contributed by atoms with Crippen molar-refractivity contribution < 1.29 is 28.0 Å². The lowest BCUT2D eigenvalue weighted by atomic mass is 10.2. The summed E-state index contributed by atoms with van der Waals surface area (Å²) >= 11 is 0. The molecule has 10 heteroatoms. The number of hydrogen-bond donors (Lipinski definition) is 2. The van der Waals surface area contributed by atoms with E-state index in [-0.39, 0.29) is 25.9 Å². The number of nitrogens with one attached hydrogen (secondary N) is 2. The highest BCUT2D eigenvalue weighted by atomic mass is 19.1. The van der Waals surface area contributed by atoms with Gasteiger partial charge >= 0.3 is 0 Å². The van der Waals surface area contributed by atoms with Crippen LogP contribution in [-0.2, 0) is 32.3 Å². The van der Waals surface area contributed by atoms with E-state index in [0.29, 0.717) is 22.5 Å². The monoisotopic (exact) mass is 518 g/mol. The van der Waals surface area contributed by atoms with Gasteiger partial charge in [0.1, 0.15) is 11.6 Å². The lowest BCUT2D eigenvalue weighted by molar-refractivity contribution is -0.123. The van der Waals surface area contributed by atoms with E-state index in [1.165, 1.54) is 36.4 Å². The minimum Gasteiger partial charge on any atom is -0.301 e. The van der Waals surface area contributed by atoms with Gasteiger partial charge in [0.2, 0.25) is 11.8 Å². The summed E-state index contributed by atoms with van der Waals surface area (Å²) in [6.07, 6.45) is -0.152. The van der Waals surface area contributed by atoms with E-state index < -0.39 is 47.3 Å². The molecule has 4 amide bonds. The first-order valence-electron chi connectivity index (χ1n) is 12.1. The highest BCUT2D eigenvalue weighted by molar-refractivity contribution is 6.24. The zero-order chi connectivity index (χ0) is 26.8. The zero-order valence-corrected chi connectivity index (χ0v) is 20.2.